The molecule has 1 aliphatic heterocycles. The molecule has 4 aromatic rings. The molecule has 5 heterocycles. The highest BCUT2D eigenvalue weighted by molar-refractivity contribution is 5.87. The van der Waals surface area contributed by atoms with Crippen LogP contribution < -0.4 is 10.6 Å². The lowest BCUT2D eigenvalue weighted by atomic mass is 10.0. The molecule has 0 aromatic carbocycles. The lowest BCUT2D eigenvalue weighted by Gasteiger charge is -2.20. The highest BCUT2D eigenvalue weighted by atomic mass is 35.5. The van der Waals surface area contributed by atoms with Gasteiger partial charge in [-0.3, -0.25) is 4.68 Å². The van der Waals surface area contributed by atoms with Crippen LogP contribution in [0.25, 0.3) is 27.8 Å². The number of aromatic nitrogens is 5. The van der Waals surface area contributed by atoms with Crippen molar-refractivity contribution in [1.29, 1.82) is 5.26 Å². The number of fused-ring (bicyclic) bond motifs is 2. The Morgan fingerprint density at radius 1 is 1.03 bits per heavy atom. The number of pyridine rings is 2. The average molecular weight is 433 g/mol. The second-order valence-electron chi connectivity index (χ2n) is 8.22. The van der Waals surface area contributed by atoms with Gasteiger partial charge in [0.1, 0.15) is 11.9 Å². The molecule has 6 rings (SSSR count). The molecule has 1 saturated carbocycles. The van der Waals surface area contributed by atoms with E-state index in [4.69, 9.17) is 10.7 Å². The van der Waals surface area contributed by atoms with Crippen LogP contribution in [-0.4, -0.2) is 43.5 Å². The van der Waals surface area contributed by atoms with E-state index in [0.29, 0.717) is 23.4 Å². The van der Waals surface area contributed by atoms with Gasteiger partial charge in [0.2, 0.25) is 0 Å². The Labute approximate surface area is 185 Å². The van der Waals surface area contributed by atoms with Gasteiger partial charge in [0.25, 0.3) is 0 Å². The Morgan fingerprint density at radius 3 is 2.48 bits per heavy atom. The van der Waals surface area contributed by atoms with Gasteiger partial charge in [0.15, 0.2) is 0 Å². The zero-order valence-corrected chi connectivity index (χ0v) is 17.7. The van der Waals surface area contributed by atoms with Crippen molar-refractivity contribution < 1.29 is 0 Å². The summed E-state index contributed by atoms with van der Waals surface area (Å²) in [7, 11) is 1.89. The molecule has 8 nitrogen and oxygen atoms in total. The van der Waals surface area contributed by atoms with E-state index >= 15 is 0 Å². The number of hydrogen-bond acceptors (Lipinski definition) is 6. The van der Waals surface area contributed by atoms with Crippen molar-refractivity contribution in [3.63, 3.8) is 0 Å². The molecule has 31 heavy (non-hydrogen) atoms. The average Bonchev–Trinajstić information content (AvgIpc) is 3.26. The molecule has 0 radical (unpaired) electrons. The van der Waals surface area contributed by atoms with Gasteiger partial charge >= 0.3 is 0 Å². The number of aryl methyl sites for hydroxylation is 1. The van der Waals surface area contributed by atoms with Crippen LogP contribution in [0.2, 0.25) is 0 Å². The van der Waals surface area contributed by atoms with Crippen LogP contribution >= 0.6 is 12.4 Å². The Hall–Kier alpha value is -3.41. The zero-order chi connectivity index (χ0) is 20.4. The van der Waals surface area contributed by atoms with Gasteiger partial charge in [0.05, 0.1) is 23.5 Å². The minimum atomic E-state index is 0. The molecular formula is C22H21ClN8. The molecule has 1 saturated heterocycles. The smallest absolute Gasteiger partial charge is 0.128 e. The Bertz CT molecular complexity index is 1300. The number of halogens is 1. The summed E-state index contributed by atoms with van der Waals surface area (Å²) in [4.78, 5) is 7.04. The number of rotatable bonds is 3. The van der Waals surface area contributed by atoms with E-state index in [-0.39, 0.29) is 12.4 Å². The molecule has 2 aliphatic rings. The molecule has 4 aromatic heterocycles. The van der Waals surface area contributed by atoms with Gasteiger partial charge in [-0.15, -0.1) is 12.4 Å². The van der Waals surface area contributed by atoms with E-state index in [1.165, 1.54) is 0 Å². The Kier molecular flexibility index (Phi) is 4.46. The predicted molar refractivity (Wildman–Crippen MR) is 120 cm³/mol. The largest absolute Gasteiger partial charge is 0.356 e. The van der Waals surface area contributed by atoms with Crippen molar-refractivity contribution >= 4 is 23.7 Å². The Balaban J connectivity index is 0.00000204. The monoisotopic (exact) mass is 432 g/mol. The molecule has 156 valence electrons. The molecule has 1 aliphatic carbocycles. The first-order valence-electron chi connectivity index (χ1n) is 10.00. The van der Waals surface area contributed by atoms with Crippen LogP contribution in [0, 0.1) is 23.2 Å². The maximum Gasteiger partial charge on any atom is 0.128 e. The number of nitriles is 1. The second-order valence-corrected chi connectivity index (χ2v) is 8.22. The molecule has 2 N–H and O–H groups in total. The first kappa shape index (κ1) is 19.5. The van der Waals surface area contributed by atoms with Crippen molar-refractivity contribution in [3.05, 3.63) is 54.7 Å². The molecule has 0 spiro atoms. The highest BCUT2D eigenvalue weighted by Gasteiger charge is 2.53. The quantitative estimate of drug-likeness (QED) is 0.533. The van der Waals surface area contributed by atoms with Crippen molar-refractivity contribution in [1.82, 2.24) is 24.4 Å². The number of anilines is 1. The van der Waals surface area contributed by atoms with Crippen LogP contribution in [0.1, 0.15) is 5.56 Å². The molecular weight excluding hydrogens is 412 g/mol. The summed E-state index contributed by atoms with van der Waals surface area (Å²) < 4.78 is 3.53. The molecule has 9 heteroatoms. The van der Waals surface area contributed by atoms with Crippen molar-refractivity contribution in [2.75, 3.05) is 18.0 Å². The van der Waals surface area contributed by atoms with Gasteiger partial charge < -0.3 is 10.6 Å². The summed E-state index contributed by atoms with van der Waals surface area (Å²) in [5, 5.41) is 18.2. The molecule has 0 bridgehead atoms. The first-order valence-corrected chi connectivity index (χ1v) is 10.00. The van der Waals surface area contributed by atoms with Gasteiger partial charge in [-0.2, -0.15) is 15.5 Å². The fourth-order valence-electron chi connectivity index (χ4n) is 4.64. The topological polar surface area (TPSA) is 101 Å². The summed E-state index contributed by atoms with van der Waals surface area (Å²) >= 11 is 0. The lowest BCUT2D eigenvalue weighted by Crippen LogP contribution is -2.28. The van der Waals surface area contributed by atoms with Crippen LogP contribution in [0.4, 0.5) is 5.82 Å². The van der Waals surface area contributed by atoms with Crippen molar-refractivity contribution in [2.24, 2.45) is 24.6 Å². The van der Waals surface area contributed by atoms with E-state index in [1.54, 1.807) is 15.4 Å². The third-order valence-corrected chi connectivity index (χ3v) is 6.41. The van der Waals surface area contributed by atoms with E-state index in [2.05, 4.69) is 39.4 Å². The second kappa shape index (κ2) is 7.08. The maximum atomic E-state index is 9.57. The fourth-order valence-corrected chi connectivity index (χ4v) is 4.64. The summed E-state index contributed by atoms with van der Waals surface area (Å²) in [5.74, 6) is 2.21. The van der Waals surface area contributed by atoms with Crippen LogP contribution in [0.15, 0.2) is 49.2 Å². The van der Waals surface area contributed by atoms with Crippen molar-refractivity contribution in [2.45, 2.75) is 6.04 Å². The predicted octanol–water partition coefficient (Wildman–Crippen LogP) is 2.48. The number of hydrogen-bond donors (Lipinski definition) is 1. The van der Waals surface area contributed by atoms with E-state index in [1.807, 2.05) is 31.8 Å². The number of nitrogens with zero attached hydrogens (tertiary/aromatic N) is 7. The number of piperidine rings is 1. The van der Waals surface area contributed by atoms with Crippen LogP contribution in [0.5, 0.6) is 0 Å². The van der Waals surface area contributed by atoms with Crippen LogP contribution in [-0.2, 0) is 7.05 Å². The first-order chi connectivity index (χ1) is 14.6. The number of nitrogens with two attached hydrogens (primary N) is 1. The van der Waals surface area contributed by atoms with E-state index in [9.17, 15) is 5.26 Å². The molecule has 0 amide bonds. The summed E-state index contributed by atoms with van der Waals surface area (Å²) in [5.41, 5.74) is 11.2. The summed E-state index contributed by atoms with van der Waals surface area (Å²) in [6.07, 6.45) is 9.20. The third-order valence-electron chi connectivity index (χ3n) is 6.41. The zero-order valence-electron chi connectivity index (χ0n) is 16.9. The minimum absolute atomic E-state index is 0. The third kappa shape index (κ3) is 3.05. The summed E-state index contributed by atoms with van der Waals surface area (Å²) in [6.45, 7) is 1.97. The van der Waals surface area contributed by atoms with Crippen molar-refractivity contribution in [3.8, 4) is 28.3 Å². The fraction of sp³-hybridized carbons (Fsp3) is 0.273. The van der Waals surface area contributed by atoms with E-state index in [0.717, 1.165) is 46.7 Å². The lowest BCUT2D eigenvalue weighted by molar-refractivity contribution is 0.735. The van der Waals surface area contributed by atoms with E-state index < -0.39 is 0 Å². The van der Waals surface area contributed by atoms with Crippen LogP contribution in [0.3, 0.4) is 0 Å². The standard InChI is InChI=1S/C22H20N8.ClH/c1-28-9-16(8-26-28)14-4-17(22-15(5-23)7-27-30(22)10-14)13-2-3-20(25-6-13)29-11-18-19(12-29)21(18)24;/h2-4,6-10,18-19,21H,11-12,24H2,1H3;1H/t18-,19+,21-;. The normalized spacial score (nSPS) is 21.6. The highest BCUT2D eigenvalue weighted by Crippen LogP contribution is 2.45. The Morgan fingerprint density at radius 2 is 1.84 bits per heavy atom. The van der Waals surface area contributed by atoms with Gasteiger partial charge in [-0.25, -0.2) is 9.50 Å². The molecule has 3 atom stereocenters. The maximum absolute atomic E-state index is 9.57. The summed E-state index contributed by atoms with van der Waals surface area (Å²) in [6, 6.07) is 8.83. The molecule has 0 unspecified atom stereocenters. The SMILES string of the molecule is Cl.Cn1cc(-c2cc(-c3ccc(N4C[C@@H]5[C@H](N)[C@@H]5C4)nc3)c3c(C#N)cnn3c2)cn1. The van der Waals surface area contributed by atoms with Gasteiger partial charge in [0, 0.05) is 67.0 Å². The molecule has 2 fully saturated rings. The minimum Gasteiger partial charge on any atom is -0.356 e. The van der Waals surface area contributed by atoms with Gasteiger partial charge in [-0.05, 0) is 30.0 Å². The van der Waals surface area contributed by atoms with Gasteiger partial charge in [-0.1, -0.05) is 0 Å².